The molecule has 0 bridgehead atoms. The van der Waals surface area contributed by atoms with Crippen LogP contribution in [0, 0.1) is 0 Å². The summed E-state index contributed by atoms with van der Waals surface area (Å²) in [5.74, 6) is 0. The van der Waals surface area contributed by atoms with Crippen molar-refractivity contribution in [2.24, 2.45) is 0 Å². The van der Waals surface area contributed by atoms with E-state index in [9.17, 15) is 4.79 Å². The molecule has 0 radical (unpaired) electrons. The molecule has 0 aromatic heterocycles. The number of amides is 2. The number of hydrogen-bond donors (Lipinski definition) is 4. The van der Waals surface area contributed by atoms with Gasteiger partial charge in [0.1, 0.15) is 0 Å². The molecule has 1 aromatic carbocycles. The van der Waals surface area contributed by atoms with E-state index < -0.39 is 0 Å². The molecular weight excluding hydrogens is 288 g/mol. The zero-order valence-electron chi connectivity index (χ0n) is 13.7. The van der Waals surface area contributed by atoms with Crippen molar-refractivity contribution >= 4 is 11.7 Å². The van der Waals surface area contributed by atoms with Crippen LogP contribution < -0.4 is 21.3 Å². The zero-order chi connectivity index (χ0) is 15.9. The van der Waals surface area contributed by atoms with Crippen LogP contribution >= 0.6 is 0 Å². The Morgan fingerprint density at radius 1 is 1.00 bits per heavy atom. The molecule has 3 rings (SSSR count). The van der Waals surface area contributed by atoms with Gasteiger partial charge in [0.2, 0.25) is 0 Å². The topological polar surface area (TPSA) is 65.2 Å². The highest BCUT2D eigenvalue weighted by molar-refractivity contribution is 5.89. The number of para-hydroxylation sites is 1. The molecule has 1 aliphatic carbocycles. The fourth-order valence-corrected chi connectivity index (χ4v) is 3.66. The summed E-state index contributed by atoms with van der Waals surface area (Å²) in [5, 5.41) is 13.3. The predicted octanol–water partition coefficient (Wildman–Crippen LogP) is 2.46. The summed E-state index contributed by atoms with van der Waals surface area (Å²) in [6.45, 7) is 2.17. The highest BCUT2D eigenvalue weighted by atomic mass is 16.2. The first-order chi connectivity index (χ1) is 11.3. The number of piperidine rings is 1. The molecule has 0 spiro atoms. The first kappa shape index (κ1) is 16.3. The third kappa shape index (κ3) is 4.94. The van der Waals surface area contributed by atoms with Crippen LogP contribution in [0.2, 0.25) is 0 Å². The molecule has 2 aliphatic rings. The van der Waals surface area contributed by atoms with Gasteiger partial charge in [-0.1, -0.05) is 31.0 Å². The van der Waals surface area contributed by atoms with Crippen molar-refractivity contribution in [1.29, 1.82) is 0 Å². The van der Waals surface area contributed by atoms with E-state index in [1.807, 2.05) is 30.3 Å². The minimum absolute atomic E-state index is 0.100. The Labute approximate surface area is 138 Å². The summed E-state index contributed by atoms with van der Waals surface area (Å²) >= 11 is 0. The summed E-state index contributed by atoms with van der Waals surface area (Å²) < 4.78 is 0. The fourth-order valence-electron chi connectivity index (χ4n) is 3.66. The van der Waals surface area contributed by atoms with Crippen LogP contribution in [0.4, 0.5) is 10.5 Å². The zero-order valence-corrected chi connectivity index (χ0v) is 13.7. The largest absolute Gasteiger partial charge is 0.334 e. The highest BCUT2D eigenvalue weighted by Crippen LogP contribution is 2.20. The molecule has 23 heavy (non-hydrogen) atoms. The lowest BCUT2D eigenvalue weighted by Crippen LogP contribution is -2.57. The maximum atomic E-state index is 12.3. The normalized spacial score (nSPS) is 28.1. The Morgan fingerprint density at radius 3 is 2.52 bits per heavy atom. The number of hydrogen-bond acceptors (Lipinski definition) is 3. The van der Waals surface area contributed by atoms with Crippen LogP contribution in [0.15, 0.2) is 30.3 Å². The summed E-state index contributed by atoms with van der Waals surface area (Å²) in [6, 6.07) is 10.7. The molecule has 1 heterocycles. The second-order valence-electron chi connectivity index (χ2n) is 6.67. The van der Waals surface area contributed by atoms with E-state index in [-0.39, 0.29) is 12.1 Å². The number of nitrogens with one attached hydrogen (secondary N) is 4. The van der Waals surface area contributed by atoms with Crippen LogP contribution in [0.25, 0.3) is 0 Å². The Bertz CT molecular complexity index is 487. The second-order valence-corrected chi connectivity index (χ2v) is 6.67. The molecule has 1 aliphatic heterocycles. The Balaban J connectivity index is 1.52. The summed E-state index contributed by atoms with van der Waals surface area (Å²) in [6.07, 6.45) is 7.10. The minimum atomic E-state index is -0.100. The predicted molar refractivity (Wildman–Crippen MR) is 93.7 cm³/mol. The van der Waals surface area contributed by atoms with Gasteiger partial charge in [0.25, 0.3) is 0 Å². The number of anilines is 1. The first-order valence-corrected chi connectivity index (χ1v) is 8.90. The molecule has 126 valence electrons. The lowest BCUT2D eigenvalue weighted by atomic mass is 9.89. The lowest BCUT2D eigenvalue weighted by Gasteiger charge is -2.37. The molecular formula is C18H28N4O. The maximum absolute atomic E-state index is 12.3. The van der Waals surface area contributed by atoms with Crippen molar-refractivity contribution in [2.75, 3.05) is 18.4 Å². The molecule has 2 fully saturated rings. The van der Waals surface area contributed by atoms with Gasteiger partial charge >= 0.3 is 6.03 Å². The van der Waals surface area contributed by atoms with E-state index in [1.54, 1.807) is 0 Å². The SMILES string of the molecule is O=C(Nc1ccccc1)N[C@@H]1CCCC[C@H]1NC1CCCNC1. The Morgan fingerprint density at radius 2 is 1.78 bits per heavy atom. The molecule has 2 amide bonds. The summed E-state index contributed by atoms with van der Waals surface area (Å²) in [5.41, 5.74) is 0.835. The van der Waals surface area contributed by atoms with Gasteiger partial charge in [0.05, 0.1) is 0 Å². The lowest BCUT2D eigenvalue weighted by molar-refractivity contribution is 0.225. The standard InChI is InChI=1S/C18H28N4O/c23-18(21-14-7-2-1-3-8-14)22-17-11-5-4-10-16(17)20-15-9-6-12-19-13-15/h1-3,7-8,15-17,19-20H,4-6,9-13H2,(H2,21,22,23)/t15?,16-,17-/m1/s1. The third-order valence-corrected chi connectivity index (χ3v) is 4.86. The van der Waals surface area contributed by atoms with Gasteiger partial charge in [0, 0.05) is 30.4 Å². The molecule has 5 heteroatoms. The van der Waals surface area contributed by atoms with Crippen molar-refractivity contribution in [1.82, 2.24) is 16.0 Å². The Kier molecular flexibility index (Phi) is 5.88. The highest BCUT2D eigenvalue weighted by Gasteiger charge is 2.28. The monoisotopic (exact) mass is 316 g/mol. The molecule has 1 saturated heterocycles. The van der Waals surface area contributed by atoms with Crippen LogP contribution in [-0.4, -0.2) is 37.2 Å². The number of rotatable bonds is 4. The van der Waals surface area contributed by atoms with Crippen LogP contribution in [0.1, 0.15) is 38.5 Å². The van der Waals surface area contributed by atoms with E-state index in [4.69, 9.17) is 0 Å². The molecule has 1 aromatic rings. The summed E-state index contributed by atoms with van der Waals surface area (Å²) in [4.78, 5) is 12.3. The maximum Gasteiger partial charge on any atom is 0.319 e. The van der Waals surface area contributed by atoms with Crippen molar-refractivity contribution in [3.05, 3.63) is 30.3 Å². The summed E-state index contributed by atoms with van der Waals surface area (Å²) in [7, 11) is 0. The number of urea groups is 1. The molecule has 5 nitrogen and oxygen atoms in total. The van der Waals surface area contributed by atoms with E-state index in [0.717, 1.165) is 31.6 Å². The number of carbonyl (C=O) groups excluding carboxylic acids is 1. The first-order valence-electron chi connectivity index (χ1n) is 8.90. The van der Waals surface area contributed by atoms with E-state index in [0.29, 0.717) is 12.1 Å². The average molecular weight is 316 g/mol. The van der Waals surface area contributed by atoms with Crippen molar-refractivity contribution < 1.29 is 4.79 Å². The molecule has 3 atom stereocenters. The minimum Gasteiger partial charge on any atom is -0.334 e. The van der Waals surface area contributed by atoms with Gasteiger partial charge in [-0.15, -0.1) is 0 Å². The van der Waals surface area contributed by atoms with Crippen LogP contribution in [-0.2, 0) is 0 Å². The Hall–Kier alpha value is -1.59. The average Bonchev–Trinajstić information content (AvgIpc) is 2.58. The third-order valence-electron chi connectivity index (χ3n) is 4.86. The molecule has 4 N–H and O–H groups in total. The van der Waals surface area contributed by atoms with E-state index in [2.05, 4.69) is 21.3 Å². The van der Waals surface area contributed by atoms with Gasteiger partial charge in [-0.25, -0.2) is 4.79 Å². The van der Waals surface area contributed by atoms with E-state index >= 15 is 0 Å². The van der Waals surface area contributed by atoms with Crippen LogP contribution in [0.5, 0.6) is 0 Å². The number of carbonyl (C=O) groups is 1. The number of benzene rings is 1. The van der Waals surface area contributed by atoms with Gasteiger partial charge in [-0.05, 0) is 44.4 Å². The van der Waals surface area contributed by atoms with Crippen LogP contribution in [0.3, 0.4) is 0 Å². The molecule has 1 unspecified atom stereocenters. The van der Waals surface area contributed by atoms with Crippen molar-refractivity contribution in [3.8, 4) is 0 Å². The second kappa shape index (κ2) is 8.31. The van der Waals surface area contributed by atoms with Gasteiger partial charge < -0.3 is 21.3 Å². The quantitative estimate of drug-likeness (QED) is 0.690. The van der Waals surface area contributed by atoms with Gasteiger partial charge in [-0.3, -0.25) is 0 Å². The fraction of sp³-hybridized carbons (Fsp3) is 0.611. The van der Waals surface area contributed by atoms with Gasteiger partial charge in [-0.2, -0.15) is 0 Å². The van der Waals surface area contributed by atoms with Crippen molar-refractivity contribution in [3.63, 3.8) is 0 Å². The van der Waals surface area contributed by atoms with Gasteiger partial charge in [0.15, 0.2) is 0 Å². The molecule has 1 saturated carbocycles. The van der Waals surface area contributed by atoms with Crippen molar-refractivity contribution in [2.45, 2.75) is 56.7 Å². The smallest absolute Gasteiger partial charge is 0.319 e. The van der Waals surface area contributed by atoms with E-state index in [1.165, 1.54) is 25.7 Å².